The molecule has 0 unspecified atom stereocenters. The minimum absolute atomic E-state index is 0.0148. The van der Waals surface area contributed by atoms with E-state index in [0.717, 1.165) is 13.8 Å². The molecule has 2 saturated carbocycles. The Balaban J connectivity index is 1.27. The molecule has 14 nitrogen and oxygen atoms in total. The Hall–Kier alpha value is -5.52. The van der Waals surface area contributed by atoms with Gasteiger partial charge < -0.3 is 24.0 Å². The summed E-state index contributed by atoms with van der Waals surface area (Å²) in [7, 11) is -2.57. The van der Waals surface area contributed by atoms with Crippen molar-refractivity contribution in [1.82, 2.24) is 14.6 Å². The maximum absolute atomic E-state index is 15.3. The molecule has 3 fully saturated rings. The highest BCUT2D eigenvalue weighted by Crippen LogP contribution is 2.58. The van der Waals surface area contributed by atoms with E-state index in [0.29, 0.717) is 66.3 Å². The highest BCUT2D eigenvalue weighted by Gasteiger charge is 2.63. The second kappa shape index (κ2) is 19.7. The third-order valence-corrected chi connectivity index (χ3v) is 16.9. The van der Waals surface area contributed by atoms with Gasteiger partial charge in [0.1, 0.15) is 11.9 Å². The van der Waals surface area contributed by atoms with E-state index in [4.69, 9.17) is 14.2 Å². The molecule has 0 spiro atoms. The van der Waals surface area contributed by atoms with E-state index in [1.54, 1.807) is 54.3 Å². The predicted octanol–water partition coefficient (Wildman–Crippen LogP) is 8.52. The number of carbonyl (C=O) groups excluding carboxylic acids is 5. The number of ether oxygens (including phenoxy) is 3. The average Bonchev–Trinajstić information content (AvgIpc) is 4.19. The molecule has 3 aromatic rings. The van der Waals surface area contributed by atoms with Crippen LogP contribution in [-0.2, 0) is 33.9 Å². The lowest BCUT2D eigenvalue weighted by molar-refractivity contribution is -0.257. The van der Waals surface area contributed by atoms with Crippen molar-refractivity contribution >= 4 is 56.0 Å². The summed E-state index contributed by atoms with van der Waals surface area (Å²) in [5, 5.41) is 1.04. The number of rotatable bonds is 13. The van der Waals surface area contributed by atoms with Crippen LogP contribution in [0.1, 0.15) is 116 Å². The van der Waals surface area contributed by atoms with E-state index in [1.807, 2.05) is 39.0 Å². The van der Waals surface area contributed by atoms with Crippen LogP contribution in [0.3, 0.4) is 0 Å². The normalized spacial score (nSPS) is 26.7. The van der Waals surface area contributed by atoms with Crippen molar-refractivity contribution in [2.45, 2.75) is 134 Å². The fraction of sp³-hybridized carbons (Fsp3) is 0.569. The third kappa shape index (κ3) is 10.7. The quantitative estimate of drug-likeness (QED) is 0.128. The van der Waals surface area contributed by atoms with Gasteiger partial charge in [-0.15, -0.1) is 0 Å². The topological polar surface area (TPSA) is 179 Å². The molecule has 0 bridgehead atoms. The molecule has 3 heterocycles. The van der Waals surface area contributed by atoms with Gasteiger partial charge in [0.05, 0.1) is 54.1 Å². The van der Waals surface area contributed by atoms with Gasteiger partial charge in [0.15, 0.2) is 5.78 Å². The van der Waals surface area contributed by atoms with E-state index in [-0.39, 0.29) is 43.6 Å². The number of pyridine rings is 1. The maximum atomic E-state index is 15.3. The lowest BCUT2D eigenvalue weighted by atomic mass is 9.79. The number of ketones is 1. The number of sulfonamides is 1. The number of aromatic nitrogens is 1. The summed E-state index contributed by atoms with van der Waals surface area (Å²) in [6.07, 6.45) is 1.24. The van der Waals surface area contributed by atoms with Crippen LogP contribution in [0.15, 0.2) is 66.9 Å². The van der Waals surface area contributed by atoms with Crippen LogP contribution in [0, 0.1) is 29.1 Å². The van der Waals surface area contributed by atoms with E-state index in [9.17, 15) is 40.8 Å². The fourth-order valence-electron chi connectivity index (χ4n) is 9.84. The number of allylic oxidation sites excluding steroid dienone is 2. The molecule has 7 atom stereocenters. The van der Waals surface area contributed by atoms with Gasteiger partial charge in [-0.2, -0.15) is 13.2 Å². The molecule has 1 saturated heterocycles. The van der Waals surface area contributed by atoms with E-state index in [1.165, 1.54) is 18.2 Å². The Kier molecular flexibility index (Phi) is 14.7. The second-order valence-corrected chi connectivity index (χ2v) is 22.3. The zero-order chi connectivity index (χ0) is 50.3. The largest absolute Gasteiger partial charge is 0.497 e. The molecule has 2 aliphatic heterocycles. The van der Waals surface area contributed by atoms with E-state index < -0.39 is 98.3 Å². The molecular weight excluding hydrogens is 918 g/mol. The van der Waals surface area contributed by atoms with Gasteiger partial charge in [0.25, 0.3) is 5.91 Å². The number of halogens is 3. The Labute approximate surface area is 401 Å². The smallest absolute Gasteiger partial charge is 0.427 e. The first-order valence-electron chi connectivity index (χ1n) is 23.8. The van der Waals surface area contributed by atoms with E-state index >= 15 is 4.79 Å². The minimum atomic E-state index is -4.90. The number of anilines is 1. The molecule has 1 aromatic heterocycles. The van der Waals surface area contributed by atoms with Crippen LogP contribution in [0.4, 0.5) is 18.9 Å². The molecule has 18 heteroatoms. The van der Waals surface area contributed by atoms with Crippen molar-refractivity contribution in [3.63, 3.8) is 0 Å². The molecule has 4 aliphatic rings. The molecule has 0 radical (unpaired) electrons. The molecule has 1 N–H and O–H groups in total. The molecule has 3 amide bonds. The first kappa shape index (κ1) is 51.3. The van der Waals surface area contributed by atoms with Gasteiger partial charge in [-0.1, -0.05) is 50.6 Å². The predicted molar refractivity (Wildman–Crippen MR) is 252 cm³/mol. The summed E-state index contributed by atoms with van der Waals surface area (Å²) in [5.74, 6) is -5.07. The number of methoxy groups -OCH3 is 1. The van der Waals surface area contributed by atoms with Crippen LogP contribution >= 0.6 is 0 Å². The zero-order valence-corrected chi connectivity index (χ0v) is 41.1. The number of nitrogens with one attached hydrogen (secondary N) is 1. The lowest BCUT2D eigenvalue weighted by Crippen LogP contribution is -2.49. The van der Waals surface area contributed by atoms with Gasteiger partial charge in [-0.3, -0.25) is 28.7 Å². The number of benzene rings is 2. The van der Waals surface area contributed by atoms with Crippen LogP contribution in [-0.4, -0.2) is 96.6 Å². The van der Waals surface area contributed by atoms with Crippen molar-refractivity contribution < 1.29 is 59.8 Å². The summed E-state index contributed by atoms with van der Waals surface area (Å²) in [6.45, 7) is 8.77. The van der Waals surface area contributed by atoms with Crippen molar-refractivity contribution in [1.29, 1.82) is 0 Å². The van der Waals surface area contributed by atoms with Crippen LogP contribution < -0.4 is 19.1 Å². The number of alkyl halides is 3. The van der Waals surface area contributed by atoms with Gasteiger partial charge >= 0.3 is 12.1 Å². The van der Waals surface area contributed by atoms with Crippen molar-refractivity contribution in [2.75, 3.05) is 25.1 Å². The Morgan fingerprint density at radius 1 is 1.01 bits per heavy atom. The van der Waals surface area contributed by atoms with Crippen LogP contribution in [0.25, 0.3) is 10.8 Å². The molecular formula is C51H63F3N4O10S. The fourth-order valence-corrected chi connectivity index (χ4v) is 11.2. The maximum Gasteiger partial charge on any atom is 0.427 e. The summed E-state index contributed by atoms with van der Waals surface area (Å²) in [4.78, 5) is 79.4. The number of hydrogen-bond acceptors (Lipinski definition) is 11. The van der Waals surface area contributed by atoms with Gasteiger partial charge in [0, 0.05) is 35.7 Å². The number of fused-ring (bicyclic) bond motifs is 3. The number of amides is 3. The number of nitrogens with zero attached hydrogens (tertiary/aromatic N) is 3. The highest BCUT2D eigenvalue weighted by atomic mass is 32.2. The molecule has 2 aliphatic carbocycles. The summed E-state index contributed by atoms with van der Waals surface area (Å²) in [5.41, 5.74) is -3.35. The Morgan fingerprint density at radius 2 is 1.72 bits per heavy atom. The Bertz CT molecular complexity index is 2600. The monoisotopic (exact) mass is 980 g/mol. The van der Waals surface area contributed by atoms with Gasteiger partial charge in [-0.25, -0.2) is 13.4 Å². The highest BCUT2D eigenvalue weighted by molar-refractivity contribution is 7.91. The summed E-state index contributed by atoms with van der Waals surface area (Å²) in [6, 6.07) is 12.7. The molecule has 7 rings (SSSR count). The molecule has 2 aromatic carbocycles. The van der Waals surface area contributed by atoms with Gasteiger partial charge in [0.2, 0.25) is 33.3 Å². The lowest BCUT2D eigenvalue weighted by Gasteiger charge is -2.34. The number of carbonyl (C=O) groups is 5. The van der Waals surface area contributed by atoms with Crippen molar-refractivity contribution in [3.05, 3.63) is 72.4 Å². The Morgan fingerprint density at radius 3 is 2.36 bits per heavy atom. The third-order valence-electron chi connectivity index (χ3n) is 14.8. The number of hydrogen-bond donors (Lipinski definition) is 1. The first-order valence-corrected chi connectivity index (χ1v) is 25.3. The molecule has 374 valence electrons. The van der Waals surface area contributed by atoms with Crippen molar-refractivity contribution in [3.8, 4) is 11.6 Å². The van der Waals surface area contributed by atoms with Gasteiger partial charge in [-0.05, 0) is 114 Å². The first-order chi connectivity index (χ1) is 32.5. The SMILES string of the molecule is CC[C@@H]1C[C@H](C)CC/C=C\[C@@H]2C[C@@]2(C(=O)NS(=O)(=O)C2(C)CC2)CC(=O)[C@@H]2C[C@@H](Oc3ncc(N(CC)C(=O)c4ccccc4)c4cc(OC)ccc34)CN2C(=O)[C@H]1CC(=O)OC(C)(C)C(F)(F)F. The second-order valence-electron chi connectivity index (χ2n) is 20.1. The standard InChI is InChI=1S/C51H63F3N4O10S/c1-8-32-23-31(3)15-13-14-18-34-27-50(34,47(63)56-69(64,65)49(6)21-22-49)28-42(59)40-25-36(30-58(40)46(62)38(32)26-43(60)68-48(4,5)51(52,53)54)67-44-37-20-19-35(66-7)24-39(37)41(29-55-44)57(9-2)45(61)33-16-11-10-12-17-33/h10-12,14,16-20,24,29,31-32,34,36,38,40H,8-9,13,15,21-23,25-28,30H2,1-7H3,(H,56,63)/b18-14-/t31-,32-,34-,36-,38+,40+,50-/m1/s1. The average molecular weight is 981 g/mol. The zero-order valence-electron chi connectivity index (χ0n) is 40.3. The van der Waals surface area contributed by atoms with Crippen LogP contribution in [0.5, 0.6) is 11.6 Å². The summed E-state index contributed by atoms with van der Waals surface area (Å²) >= 11 is 0. The summed E-state index contributed by atoms with van der Waals surface area (Å²) < 4.78 is 87.1. The van der Waals surface area contributed by atoms with E-state index in [2.05, 4.69) is 9.71 Å². The molecule has 69 heavy (non-hydrogen) atoms. The number of esters is 1. The van der Waals surface area contributed by atoms with Crippen molar-refractivity contribution in [2.24, 2.45) is 29.1 Å². The minimum Gasteiger partial charge on any atom is -0.497 e. The number of Topliss-reactive ketones (excluding diaryl/α,β-unsaturated/α-hetero) is 1. The van der Waals surface area contributed by atoms with Crippen LogP contribution in [0.2, 0.25) is 0 Å².